The summed E-state index contributed by atoms with van der Waals surface area (Å²) in [7, 11) is -4.18. The number of nitrogens with zero attached hydrogens (tertiary/aromatic N) is 2. The second kappa shape index (κ2) is 14.9. The minimum absolute atomic E-state index is 0.0173. The van der Waals surface area contributed by atoms with Crippen LogP contribution in [0.25, 0.3) is 0 Å². The first kappa shape index (κ1) is 32.7. The van der Waals surface area contributed by atoms with E-state index in [2.05, 4.69) is 5.32 Å². The zero-order valence-electron chi connectivity index (χ0n) is 23.2. The fourth-order valence-corrected chi connectivity index (χ4v) is 6.17. The first-order chi connectivity index (χ1) is 19.5. The van der Waals surface area contributed by atoms with Gasteiger partial charge in [0.1, 0.15) is 12.6 Å². The highest BCUT2D eigenvalue weighted by atomic mass is 35.5. The smallest absolute Gasteiger partial charge is 0.264 e. The molecule has 0 saturated heterocycles. The Morgan fingerprint density at radius 3 is 2.24 bits per heavy atom. The summed E-state index contributed by atoms with van der Waals surface area (Å²) in [6, 6.07) is 16.8. The van der Waals surface area contributed by atoms with Gasteiger partial charge < -0.3 is 10.2 Å². The molecule has 0 radical (unpaired) electrons. The minimum atomic E-state index is -4.18. The van der Waals surface area contributed by atoms with Crippen molar-refractivity contribution in [1.29, 1.82) is 0 Å². The maximum absolute atomic E-state index is 14.1. The zero-order chi connectivity index (χ0) is 30.2. The van der Waals surface area contributed by atoms with Crippen molar-refractivity contribution in [1.82, 2.24) is 10.2 Å². The lowest BCUT2D eigenvalue weighted by molar-refractivity contribution is -0.140. The molecule has 7 nitrogen and oxygen atoms in total. The lowest BCUT2D eigenvalue weighted by atomic mass is 10.1. The van der Waals surface area contributed by atoms with E-state index in [-0.39, 0.29) is 23.0 Å². The molecule has 3 aromatic carbocycles. The van der Waals surface area contributed by atoms with Gasteiger partial charge in [-0.2, -0.15) is 0 Å². The molecule has 1 atom stereocenters. The lowest BCUT2D eigenvalue weighted by Crippen LogP contribution is -2.52. The fraction of sp³-hybridized carbons (Fsp3) is 0.333. The van der Waals surface area contributed by atoms with E-state index in [1.54, 1.807) is 55.5 Å². The molecule has 0 spiro atoms. The molecule has 11 heteroatoms. The molecule has 0 aliphatic heterocycles. The van der Waals surface area contributed by atoms with Crippen LogP contribution < -0.4 is 9.62 Å². The maximum Gasteiger partial charge on any atom is 0.264 e. The molecule has 0 heterocycles. The molecule has 0 aromatic heterocycles. The van der Waals surface area contributed by atoms with Gasteiger partial charge in [-0.1, -0.05) is 84.9 Å². The van der Waals surface area contributed by atoms with E-state index in [0.29, 0.717) is 33.6 Å². The van der Waals surface area contributed by atoms with E-state index in [0.717, 1.165) is 22.7 Å². The van der Waals surface area contributed by atoms with Gasteiger partial charge in [0, 0.05) is 18.1 Å². The van der Waals surface area contributed by atoms with Crippen molar-refractivity contribution in [2.75, 3.05) is 17.4 Å². The predicted octanol–water partition coefficient (Wildman–Crippen LogP) is 6.87. The Labute approximate surface area is 257 Å². The highest BCUT2D eigenvalue weighted by Crippen LogP contribution is 2.28. The number of unbranched alkanes of at least 4 members (excludes halogenated alkanes) is 1. The third-order valence-corrected chi connectivity index (χ3v) is 9.30. The van der Waals surface area contributed by atoms with E-state index >= 15 is 0 Å². The molecule has 0 unspecified atom stereocenters. The molecule has 0 bridgehead atoms. The van der Waals surface area contributed by atoms with Crippen LogP contribution in [0.15, 0.2) is 71.6 Å². The van der Waals surface area contributed by atoms with Crippen molar-refractivity contribution >= 4 is 62.3 Å². The molecule has 41 heavy (non-hydrogen) atoms. The lowest BCUT2D eigenvalue weighted by Gasteiger charge is -2.33. The van der Waals surface area contributed by atoms with E-state index in [4.69, 9.17) is 34.8 Å². The molecule has 2 amide bonds. The number of benzene rings is 3. The molecule has 1 N–H and O–H groups in total. The fourth-order valence-electron chi connectivity index (χ4n) is 4.26. The first-order valence-corrected chi connectivity index (χ1v) is 15.9. The van der Waals surface area contributed by atoms with Crippen molar-refractivity contribution in [2.45, 2.75) is 57.5 Å². The number of carbonyl (C=O) groups excluding carboxylic acids is 2. The molecule has 220 valence electrons. The standard InChI is InChI=1S/C30H34Cl3N3O4S/c1-4-6-16-34-30(38)28(5-2)35(19-22-12-15-26(32)27(33)17-22)29(37)20-36(24-9-7-8-23(31)18-24)41(39,40)25-13-10-21(3)11-14-25/h7-15,17-18,28H,4-6,16,19-20H2,1-3H3,(H,34,38)/t28-/m0/s1. The number of carbonyl (C=O) groups is 2. The average molecular weight is 639 g/mol. The molecular weight excluding hydrogens is 605 g/mol. The van der Waals surface area contributed by atoms with E-state index in [1.807, 2.05) is 13.8 Å². The summed E-state index contributed by atoms with van der Waals surface area (Å²) >= 11 is 18.6. The Bertz CT molecular complexity index is 1470. The van der Waals surface area contributed by atoms with Crippen LogP contribution in [0.5, 0.6) is 0 Å². The summed E-state index contributed by atoms with van der Waals surface area (Å²) in [6.45, 7) is 5.60. The Hall–Kier alpha value is -2.78. The number of sulfonamides is 1. The van der Waals surface area contributed by atoms with Crippen molar-refractivity contribution in [3.63, 3.8) is 0 Å². The number of hydrogen-bond donors (Lipinski definition) is 1. The first-order valence-electron chi connectivity index (χ1n) is 13.3. The van der Waals surface area contributed by atoms with Gasteiger partial charge in [0.2, 0.25) is 11.8 Å². The average Bonchev–Trinajstić information content (AvgIpc) is 2.93. The minimum Gasteiger partial charge on any atom is -0.354 e. The van der Waals surface area contributed by atoms with Gasteiger partial charge in [0.05, 0.1) is 20.6 Å². The van der Waals surface area contributed by atoms with Gasteiger partial charge in [0.15, 0.2) is 0 Å². The Morgan fingerprint density at radius 1 is 0.927 bits per heavy atom. The molecular formula is C30H34Cl3N3O4S. The Morgan fingerprint density at radius 2 is 1.63 bits per heavy atom. The number of aryl methyl sites for hydroxylation is 1. The van der Waals surface area contributed by atoms with Crippen molar-refractivity contribution in [3.05, 3.63) is 92.9 Å². The third kappa shape index (κ3) is 8.61. The number of anilines is 1. The Kier molecular flexibility index (Phi) is 11.9. The van der Waals surface area contributed by atoms with Gasteiger partial charge in [-0.3, -0.25) is 13.9 Å². The van der Waals surface area contributed by atoms with Crippen LogP contribution in [0.4, 0.5) is 5.69 Å². The maximum atomic E-state index is 14.1. The molecule has 0 saturated carbocycles. The van der Waals surface area contributed by atoms with Gasteiger partial charge in [-0.15, -0.1) is 0 Å². The summed E-state index contributed by atoms with van der Waals surface area (Å²) in [5.74, 6) is -0.880. The highest BCUT2D eigenvalue weighted by molar-refractivity contribution is 7.92. The van der Waals surface area contributed by atoms with E-state index in [9.17, 15) is 18.0 Å². The second-order valence-corrected chi connectivity index (χ2v) is 12.8. The molecule has 0 aliphatic carbocycles. The van der Waals surface area contributed by atoms with Crippen molar-refractivity contribution in [3.8, 4) is 0 Å². The topological polar surface area (TPSA) is 86.8 Å². The van der Waals surface area contributed by atoms with Crippen LogP contribution in [0, 0.1) is 6.92 Å². The summed E-state index contributed by atoms with van der Waals surface area (Å²) in [6.07, 6.45) is 2.00. The monoisotopic (exact) mass is 637 g/mol. The van der Waals surface area contributed by atoms with Crippen LogP contribution in [-0.4, -0.2) is 44.3 Å². The largest absolute Gasteiger partial charge is 0.354 e. The number of halogens is 3. The SMILES string of the molecule is CCCCNC(=O)[C@H](CC)N(Cc1ccc(Cl)c(Cl)c1)C(=O)CN(c1cccc(Cl)c1)S(=O)(=O)c1ccc(C)cc1. The van der Waals surface area contributed by atoms with Gasteiger partial charge in [0.25, 0.3) is 10.0 Å². The molecule has 0 fully saturated rings. The van der Waals surface area contributed by atoms with Gasteiger partial charge in [-0.25, -0.2) is 8.42 Å². The van der Waals surface area contributed by atoms with E-state index < -0.39 is 28.5 Å². The van der Waals surface area contributed by atoms with Crippen LogP contribution in [0.3, 0.4) is 0 Å². The van der Waals surface area contributed by atoms with Crippen molar-refractivity contribution < 1.29 is 18.0 Å². The Balaban J connectivity index is 2.05. The van der Waals surface area contributed by atoms with Crippen LogP contribution in [0.1, 0.15) is 44.2 Å². The van der Waals surface area contributed by atoms with Crippen LogP contribution in [-0.2, 0) is 26.2 Å². The second-order valence-electron chi connectivity index (χ2n) is 9.64. The van der Waals surface area contributed by atoms with Gasteiger partial charge >= 0.3 is 0 Å². The quantitative estimate of drug-likeness (QED) is 0.207. The predicted molar refractivity (Wildman–Crippen MR) is 166 cm³/mol. The summed E-state index contributed by atoms with van der Waals surface area (Å²) in [5, 5.41) is 3.87. The van der Waals surface area contributed by atoms with Crippen LogP contribution >= 0.6 is 34.8 Å². The zero-order valence-corrected chi connectivity index (χ0v) is 26.3. The van der Waals surface area contributed by atoms with E-state index in [1.165, 1.54) is 23.1 Å². The molecule has 3 rings (SSSR count). The number of hydrogen-bond acceptors (Lipinski definition) is 4. The summed E-state index contributed by atoms with van der Waals surface area (Å²) < 4.78 is 28.8. The van der Waals surface area contributed by atoms with Gasteiger partial charge in [-0.05, 0) is 67.8 Å². The van der Waals surface area contributed by atoms with Crippen molar-refractivity contribution in [2.24, 2.45) is 0 Å². The molecule has 0 aliphatic rings. The number of amides is 2. The molecule has 3 aromatic rings. The number of rotatable bonds is 13. The highest BCUT2D eigenvalue weighted by Gasteiger charge is 2.33. The normalized spacial score (nSPS) is 12.0. The summed E-state index contributed by atoms with van der Waals surface area (Å²) in [4.78, 5) is 28.8. The number of nitrogens with one attached hydrogen (secondary N) is 1. The third-order valence-electron chi connectivity index (χ3n) is 6.54. The summed E-state index contributed by atoms with van der Waals surface area (Å²) in [5.41, 5.74) is 1.76. The van der Waals surface area contributed by atoms with Crippen LogP contribution in [0.2, 0.25) is 15.1 Å².